The molecule has 0 atom stereocenters. The second kappa shape index (κ2) is 8.82. The molecule has 2 aromatic rings. The summed E-state index contributed by atoms with van der Waals surface area (Å²) in [6.07, 6.45) is 6.24. The average Bonchev–Trinajstić information content (AvgIpc) is 3.23. The summed E-state index contributed by atoms with van der Waals surface area (Å²) in [6.45, 7) is 8.42. The number of rotatable bonds is 6. The van der Waals surface area contributed by atoms with Gasteiger partial charge in [-0.3, -0.25) is 14.5 Å². The van der Waals surface area contributed by atoms with E-state index in [4.69, 9.17) is 0 Å². The van der Waals surface area contributed by atoms with Crippen LogP contribution in [0.15, 0.2) is 30.3 Å². The van der Waals surface area contributed by atoms with Crippen LogP contribution in [0.1, 0.15) is 70.3 Å². The third-order valence-electron chi connectivity index (χ3n) is 7.75. The van der Waals surface area contributed by atoms with E-state index < -0.39 is 0 Å². The van der Waals surface area contributed by atoms with Gasteiger partial charge in [0.25, 0.3) is 0 Å². The lowest BCUT2D eigenvalue weighted by atomic mass is 9.89. The molecule has 2 aromatic carbocycles. The summed E-state index contributed by atoms with van der Waals surface area (Å²) < 4.78 is 0. The molecule has 4 heteroatoms. The Morgan fingerprint density at radius 2 is 1.72 bits per heavy atom. The third kappa shape index (κ3) is 4.25. The summed E-state index contributed by atoms with van der Waals surface area (Å²) in [5.74, 6) is 1.16. The molecular weight excluding hydrogens is 396 g/mol. The Balaban J connectivity index is 1.14. The van der Waals surface area contributed by atoms with Gasteiger partial charge in [0, 0.05) is 31.5 Å². The molecule has 0 bridgehead atoms. The molecule has 1 amide bonds. The van der Waals surface area contributed by atoms with Gasteiger partial charge in [-0.05, 0) is 99.3 Å². The highest BCUT2D eigenvalue weighted by Crippen LogP contribution is 2.38. The minimum atomic E-state index is 0.235. The molecule has 0 saturated carbocycles. The van der Waals surface area contributed by atoms with Gasteiger partial charge >= 0.3 is 0 Å². The highest BCUT2D eigenvalue weighted by molar-refractivity contribution is 6.02. The Morgan fingerprint density at radius 1 is 0.969 bits per heavy atom. The Kier molecular flexibility index (Phi) is 5.90. The molecule has 4 nitrogen and oxygen atoms in total. The third-order valence-corrected chi connectivity index (χ3v) is 7.75. The topological polar surface area (TPSA) is 40.6 Å². The summed E-state index contributed by atoms with van der Waals surface area (Å²) in [5, 5.41) is 0. The van der Waals surface area contributed by atoms with Crippen LogP contribution in [0, 0.1) is 19.8 Å². The van der Waals surface area contributed by atoms with E-state index in [-0.39, 0.29) is 11.7 Å². The van der Waals surface area contributed by atoms with Gasteiger partial charge < -0.3 is 4.90 Å². The van der Waals surface area contributed by atoms with Crippen LogP contribution in [0.2, 0.25) is 0 Å². The van der Waals surface area contributed by atoms with Crippen molar-refractivity contribution in [1.29, 1.82) is 0 Å². The van der Waals surface area contributed by atoms with Crippen LogP contribution in [-0.2, 0) is 24.2 Å². The van der Waals surface area contributed by atoms with Crippen LogP contribution < -0.4 is 4.90 Å². The van der Waals surface area contributed by atoms with Crippen molar-refractivity contribution < 1.29 is 9.59 Å². The fourth-order valence-corrected chi connectivity index (χ4v) is 5.80. The lowest BCUT2D eigenvalue weighted by Crippen LogP contribution is -2.33. The van der Waals surface area contributed by atoms with Crippen molar-refractivity contribution in [3.63, 3.8) is 0 Å². The number of Topliss-reactive ketones (excluding diaryl/α,β-unsaturated/α-hetero) is 1. The molecule has 0 unspecified atom stereocenters. The monoisotopic (exact) mass is 430 g/mol. The highest BCUT2D eigenvalue weighted by atomic mass is 16.2. The second-order valence-electron chi connectivity index (χ2n) is 10.0. The van der Waals surface area contributed by atoms with Gasteiger partial charge in [0.1, 0.15) is 0 Å². The Labute approximate surface area is 191 Å². The number of aryl methyl sites for hydroxylation is 3. The lowest BCUT2D eigenvalue weighted by molar-refractivity contribution is -0.118. The highest BCUT2D eigenvalue weighted by Gasteiger charge is 2.32. The zero-order valence-electron chi connectivity index (χ0n) is 19.5. The van der Waals surface area contributed by atoms with Crippen molar-refractivity contribution in [1.82, 2.24) is 4.90 Å². The van der Waals surface area contributed by atoms with E-state index in [1.54, 1.807) is 0 Å². The first kappa shape index (κ1) is 21.4. The first-order valence-electron chi connectivity index (χ1n) is 12.3. The molecule has 3 aliphatic heterocycles. The largest absolute Gasteiger partial charge is 0.312 e. The zero-order chi connectivity index (χ0) is 22.2. The van der Waals surface area contributed by atoms with Crippen LogP contribution in [0.5, 0.6) is 0 Å². The minimum absolute atomic E-state index is 0.235. The Morgan fingerprint density at radius 3 is 2.47 bits per heavy atom. The van der Waals surface area contributed by atoms with E-state index in [1.165, 1.54) is 40.7 Å². The van der Waals surface area contributed by atoms with Gasteiger partial charge in [-0.2, -0.15) is 0 Å². The van der Waals surface area contributed by atoms with Crippen molar-refractivity contribution in [2.24, 2.45) is 5.92 Å². The molecule has 0 spiro atoms. The standard InChI is InChI=1S/C28H34N2O2/c1-19-3-5-24(20(2)15-19)18-29-12-9-21(10-13-29)4-7-26(31)25-16-22-6-8-27(32)30-14-11-23(17-25)28(22)30/h3,5,15-17,21H,4,6-14,18H2,1-2H3. The number of hydrogen-bond acceptors (Lipinski definition) is 3. The average molecular weight is 431 g/mol. The number of anilines is 1. The van der Waals surface area contributed by atoms with Crippen LogP contribution in [0.25, 0.3) is 0 Å². The summed E-state index contributed by atoms with van der Waals surface area (Å²) in [6, 6.07) is 10.9. The van der Waals surface area contributed by atoms with Gasteiger partial charge in [0.2, 0.25) is 5.91 Å². The number of likely N-dealkylation sites (tertiary alicyclic amines) is 1. The molecular formula is C28H34N2O2. The fraction of sp³-hybridized carbons (Fsp3) is 0.500. The molecule has 3 aliphatic rings. The van der Waals surface area contributed by atoms with E-state index in [1.807, 2.05) is 4.90 Å². The summed E-state index contributed by atoms with van der Waals surface area (Å²) >= 11 is 0. The molecule has 5 rings (SSSR count). The van der Waals surface area contributed by atoms with E-state index in [9.17, 15) is 9.59 Å². The number of benzene rings is 2. The quantitative estimate of drug-likeness (QED) is 0.605. The number of hydrogen-bond donors (Lipinski definition) is 0. The van der Waals surface area contributed by atoms with E-state index in [2.05, 4.69) is 49.1 Å². The first-order valence-corrected chi connectivity index (χ1v) is 12.3. The summed E-state index contributed by atoms with van der Waals surface area (Å²) in [7, 11) is 0. The number of amides is 1. The fourth-order valence-electron chi connectivity index (χ4n) is 5.80. The number of ketones is 1. The first-order chi connectivity index (χ1) is 15.5. The SMILES string of the molecule is Cc1ccc(CN2CCC(CCC(=O)c3cc4c5c(c3)CCN5C(=O)CC4)CC2)c(C)c1. The van der Waals surface area contributed by atoms with Gasteiger partial charge in [-0.1, -0.05) is 23.8 Å². The van der Waals surface area contributed by atoms with E-state index in [0.29, 0.717) is 18.8 Å². The van der Waals surface area contributed by atoms with Crippen molar-refractivity contribution >= 4 is 17.4 Å². The summed E-state index contributed by atoms with van der Waals surface area (Å²) in [5.41, 5.74) is 8.51. The van der Waals surface area contributed by atoms with Crippen molar-refractivity contribution in [2.75, 3.05) is 24.5 Å². The van der Waals surface area contributed by atoms with Gasteiger partial charge in [0.15, 0.2) is 5.78 Å². The maximum Gasteiger partial charge on any atom is 0.227 e. The maximum absolute atomic E-state index is 13.0. The molecule has 0 aliphatic carbocycles. The lowest BCUT2D eigenvalue weighted by Gasteiger charge is -2.32. The van der Waals surface area contributed by atoms with Crippen LogP contribution in [-0.4, -0.2) is 36.2 Å². The van der Waals surface area contributed by atoms with E-state index in [0.717, 1.165) is 56.7 Å². The predicted molar refractivity (Wildman–Crippen MR) is 128 cm³/mol. The maximum atomic E-state index is 13.0. The number of nitrogens with zero attached hydrogens (tertiary/aromatic N) is 2. The van der Waals surface area contributed by atoms with Crippen molar-refractivity contribution in [3.05, 3.63) is 63.7 Å². The van der Waals surface area contributed by atoms with Crippen LogP contribution in [0.4, 0.5) is 5.69 Å². The van der Waals surface area contributed by atoms with Crippen LogP contribution >= 0.6 is 0 Å². The van der Waals surface area contributed by atoms with Crippen molar-refractivity contribution in [2.45, 2.75) is 65.3 Å². The van der Waals surface area contributed by atoms with Gasteiger partial charge in [0.05, 0.1) is 5.69 Å². The zero-order valence-corrected chi connectivity index (χ0v) is 19.5. The van der Waals surface area contributed by atoms with Crippen LogP contribution in [0.3, 0.4) is 0 Å². The normalized spacial score (nSPS) is 18.8. The Bertz CT molecular complexity index is 1050. The second-order valence-corrected chi connectivity index (χ2v) is 10.0. The number of carbonyl (C=O) groups excluding carboxylic acids is 2. The molecule has 1 saturated heterocycles. The molecule has 0 aromatic heterocycles. The van der Waals surface area contributed by atoms with E-state index >= 15 is 0 Å². The Hall–Kier alpha value is -2.46. The number of carbonyl (C=O) groups is 2. The number of piperidine rings is 1. The van der Waals surface area contributed by atoms with Gasteiger partial charge in [-0.25, -0.2) is 0 Å². The minimum Gasteiger partial charge on any atom is -0.312 e. The molecule has 1 fully saturated rings. The molecule has 0 N–H and O–H groups in total. The molecule has 0 radical (unpaired) electrons. The smallest absolute Gasteiger partial charge is 0.227 e. The molecule has 3 heterocycles. The predicted octanol–water partition coefficient (Wildman–Crippen LogP) is 5.01. The molecule has 168 valence electrons. The van der Waals surface area contributed by atoms with Gasteiger partial charge in [-0.15, -0.1) is 0 Å². The molecule has 32 heavy (non-hydrogen) atoms. The summed E-state index contributed by atoms with van der Waals surface area (Å²) in [4.78, 5) is 29.6. The van der Waals surface area contributed by atoms with Crippen molar-refractivity contribution in [3.8, 4) is 0 Å².